The minimum Gasteiger partial charge on any atom is -0.359 e. The van der Waals surface area contributed by atoms with E-state index in [-0.39, 0.29) is 11.8 Å². The zero-order chi connectivity index (χ0) is 20.1. The van der Waals surface area contributed by atoms with Gasteiger partial charge in [0.1, 0.15) is 0 Å². The van der Waals surface area contributed by atoms with Gasteiger partial charge in [0.25, 0.3) is 11.8 Å². The summed E-state index contributed by atoms with van der Waals surface area (Å²) in [6.45, 7) is 3.93. The lowest BCUT2D eigenvalue weighted by atomic mass is 10.2. The van der Waals surface area contributed by atoms with E-state index in [1.165, 1.54) is 9.80 Å². The molecule has 1 heterocycles. The summed E-state index contributed by atoms with van der Waals surface area (Å²) in [5, 5.41) is 3.68. The van der Waals surface area contributed by atoms with Crippen LogP contribution in [0.3, 0.4) is 0 Å². The van der Waals surface area contributed by atoms with Crippen LogP contribution in [0, 0.1) is 0 Å². The number of nitrogens with one attached hydrogen (secondary N) is 2. The largest absolute Gasteiger partial charge is 0.359 e. The summed E-state index contributed by atoms with van der Waals surface area (Å²) in [7, 11) is 3.43. The number of piperazine rings is 1. The van der Waals surface area contributed by atoms with Crippen LogP contribution in [0.5, 0.6) is 0 Å². The van der Waals surface area contributed by atoms with Crippen LogP contribution in [0.4, 0.5) is 11.4 Å². The minimum atomic E-state index is -0.0567. The lowest BCUT2D eigenvalue weighted by molar-refractivity contribution is -0.892. The van der Waals surface area contributed by atoms with Crippen molar-refractivity contribution in [1.82, 2.24) is 4.90 Å². The number of rotatable bonds is 5. The van der Waals surface area contributed by atoms with E-state index in [0.717, 1.165) is 36.9 Å². The van der Waals surface area contributed by atoms with Gasteiger partial charge < -0.3 is 20.0 Å². The Balaban J connectivity index is 1.48. The molecule has 2 aromatic carbocycles. The summed E-state index contributed by atoms with van der Waals surface area (Å²) in [5.41, 5.74) is 2.36. The smallest absolute Gasteiger partial charge is 0.279 e. The number of hydrogen-bond donors (Lipinski definition) is 2. The lowest BCUT2D eigenvalue weighted by Crippen LogP contribution is -3.15. The zero-order valence-electron chi connectivity index (χ0n) is 16.2. The molecule has 0 spiro atoms. The van der Waals surface area contributed by atoms with Gasteiger partial charge in [0.15, 0.2) is 6.54 Å². The molecule has 6 nitrogen and oxygen atoms in total. The lowest BCUT2D eigenvalue weighted by Gasteiger charge is -2.33. The van der Waals surface area contributed by atoms with E-state index < -0.39 is 0 Å². The summed E-state index contributed by atoms with van der Waals surface area (Å²) >= 11 is 6.28. The Bertz CT molecular complexity index is 831. The molecule has 0 atom stereocenters. The summed E-state index contributed by atoms with van der Waals surface area (Å²) in [6.07, 6.45) is 0. The number of carbonyl (C=O) groups is 2. The molecule has 148 valence electrons. The van der Waals surface area contributed by atoms with Crippen molar-refractivity contribution in [2.24, 2.45) is 0 Å². The number of hydrogen-bond acceptors (Lipinski definition) is 3. The van der Waals surface area contributed by atoms with Crippen molar-refractivity contribution in [2.45, 2.75) is 0 Å². The van der Waals surface area contributed by atoms with Gasteiger partial charge in [-0.2, -0.15) is 0 Å². The summed E-state index contributed by atoms with van der Waals surface area (Å²) in [4.78, 5) is 29.3. The van der Waals surface area contributed by atoms with Gasteiger partial charge in [-0.05, 0) is 36.4 Å². The van der Waals surface area contributed by atoms with Crippen LogP contribution in [-0.2, 0) is 4.79 Å². The highest BCUT2D eigenvalue weighted by atomic mass is 35.5. The van der Waals surface area contributed by atoms with Crippen LogP contribution in [0.1, 0.15) is 10.4 Å². The first-order valence-corrected chi connectivity index (χ1v) is 9.76. The molecule has 1 aliphatic rings. The number of nitrogens with zero attached hydrogens (tertiary/aromatic N) is 2. The van der Waals surface area contributed by atoms with Crippen molar-refractivity contribution in [3.05, 3.63) is 59.1 Å². The molecule has 0 saturated carbocycles. The molecular formula is C21H26ClN4O2+. The fourth-order valence-corrected chi connectivity index (χ4v) is 3.59. The van der Waals surface area contributed by atoms with Crippen molar-refractivity contribution < 1.29 is 14.5 Å². The Morgan fingerprint density at radius 3 is 2.32 bits per heavy atom. The quantitative estimate of drug-likeness (QED) is 0.796. The monoisotopic (exact) mass is 401 g/mol. The number of quaternary nitrogens is 1. The number of carbonyl (C=O) groups excluding carboxylic acids is 2. The Morgan fingerprint density at radius 2 is 1.71 bits per heavy atom. The fourth-order valence-electron chi connectivity index (χ4n) is 3.34. The highest BCUT2D eigenvalue weighted by Crippen LogP contribution is 2.24. The van der Waals surface area contributed by atoms with Gasteiger partial charge in [-0.25, -0.2) is 0 Å². The molecule has 0 aromatic heterocycles. The maximum atomic E-state index is 12.4. The molecule has 0 bridgehead atoms. The second kappa shape index (κ2) is 9.08. The fraction of sp³-hybridized carbons (Fsp3) is 0.333. The second-order valence-electron chi connectivity index (χ2n) is 7.19. The van der Waals surface area contributed by atoms with E-state index in [1.807, 2.05) is 24.3 Å². The molecular weight excluding hydrogens is 376 g/mol. The van der Waals surface area contributed by atoms with Crippen LogP contribution in [0.25, 0.3) is 0 Å². The third kappa shape index (κ3) is 5.03. The van der Waals surface area contributed by atoms with Crippen molar-refractivity contribution in [1.29, 1.82) is 0 Å². The normalized spacial score (nSPS) is 14.6. The molecule has 0 radical (unpaired) electrons. The maximum Gasteiger partial charge on any atom is 0.279 e. The van der Waals surface area contributed by atoms with Gasteiger partial charge >= 0.3 is 0 Å². The zero-order valence-corrected chi connectivity index (χ0v) is 17.0. The average Bonchev–Trinajstić information content (AvgIpc) is 2.69. The van der Waals surface area contributed by atoms with Gasteiger partial charge in [-0.15, -0.1) is 0 Å². The molecule has 2 amide bonds. The molecule has 0 unspecified atom stereocenters. The van der Waals surface area contributed by atoms with Crippen molar-refractivity contribution in [3.63, 3.8) is 0 Å². The van der Waals surface area contributed by atoms with Crippen molar-refractivity contribution in [2.75, 3.05) is 57.0 Å². The number of para-hydroxylation sites is 1. The van der Waals surface area contributed by atoms with Gasteiger partial charge in [-0.3, -0.25) is 9.59 Å². The first-order valence-electron chi connectivity index (χ1n) is 9.38. The van der Waals surface area contributed by atoms with E-state index in [0.29, 0.717) is 17.8 Å². The topological polar surface area (TPSA) is 57.1 Å². The molecule has 7 heteroatoms. The first kappa shape index (κ1) is 20.2. The first-order chi connectivity index (χ1) is 13.4. The van der Waals surface area contributed by atoms with E-state index in [9.17, 15) is 9.59 Å². The average molecular weight is 402 g/mol. The summed E-state index contributed by atoms with van der Waals surface area (Å²) < 4.78 is 0. The Labute approximate surface area is 170 Å². The van der Waals surface area contributed by atoms with Gasteiger partial charge in [0, 0.05) is 25.3 Å². The predicted octanol–water partition coefficient (Wildman–Crippen LogP) is 1.39. The second-order valence-corrected chi connectivity index (χ2v) is 7.60. The highest BCUT2D eigenvalue weighted by molar-refractivity contribution is 6.33. The van der Waals surface area contributed by atoms with Gasteiger partial charge in [-0.1, -0.05) is 23.7 Å². The van der Waals surface area contributed by atoms with E-state index in [4.69, 9.17) is 11.6 Å². The SMILES string of the molecule is CN(C)C(=O)c1ccc(NC(=O)C[NH+]2CCN(c3ccccc3Cl)CC2)cc1. The molecule has 2 N–H and O–H groups in total. The summed E-state index contributed by atoms with van der Waals surface area (Å²) in [5.74, 6) is -0.0772. The molecule has 0 aliphatic carbocycles. The minimum absolute atomic E-state index is 0.0205. The number of amides is 2. The molecule has 28 heavy (non-hydrogen) atoms. The van der Waals surface area contributed by atoms with Crippen LogP contribution in [0.2, 0.25) is 5.02 Å². The highest BCUT2D eigenvalue weighted by Gasteiger charge is 2.23. The maximum absolute atomic E-state index is 12.4. The van der Waals surface area contributed by atoms with E-state index >= 15 is 0 Å². The van der Waals surface area contributed by atoms with Crippen LogP contribution >= 0.6 is 11.6 Å². The molecule has 3 rings (SSSR count). The Morgan fingerprint density at radius 1 is 1.07 bits per heavy atom. The third-order valence-corrected chi connectivity index (χ3v) is 5.22. The third-order valence-electron chi connectivity index (χ3n) is 4.90. The van der Waals surface area contributed by atoms with Gasteiger partial charge in [0.05, 0.1) is 36.9 Å². The Kier molecular flexibility index (Phi) is 6.54. The van der Waals surface area contributed by atoms with Crippen molar-refractivity contribution >= 4 is 34.8 Å². The number of halogens is 1. The van der Waals surface area contributed by atoms with Crippen LogP contribution in [-0.4, -0.2) is 63.5 Å². The van der Waals surface area contributed by atoms with Crippen LogP contribution in [0.15, 0.2) is 48.5 Å². The number of benzene rings is 2. The Hall–Kier alpha value is -2.57. The molecule has 1 aliphatic heterocycles. The standard InChI is InChI=1S/C21H25ClN4O2/c1-24(2)21(28)16-7-9-17(10-8-16)23-20(27)15-25-11-13-26(14-12-25)19-6-4-3-5-18(19)22/h3-10H,11-15H2,1-2H3,(H,23,27)/p+1. The van der Waals surface area contributed by atoms with Gasteiger partial charge in [0.2, 0.25) is 0 Å². The molecule has 1 saturated heterocycles. The number of anilines is 2. The predicted molar refractivity (Wildman–Crippen MR) is 112 cm³/mol. The van der Waals surface area contributed by atoms with Crippen molar-refractivity contribution in [3.8, 4) is 0 Å². The van der Waals surface area contributed by atoms with Crippen LogP contribution < -0.4 is 15.1 Å². The van der Waals surface area contributed by atoms with E-state index in [2.05, 4.69) is 10.2 Å². The molecule has 2 aromatic rings. The molecule has 1 fully saturated rings. The summed E-state index contributed by atoms with van der Waals surface area (Å²) in [6, 6.07) is 14.8. The van der Waals surface area contributed by atoms with E-state index in [1.54, 1.807) is 38.4 Å².